The molecule has 0 amide bonds. The van der Waals surface area contributed by atoms with Crippen molar-refractivity contribution < 1.29 is 0 Å². The molecule has 0 atom stereocenters. The standard InChI is InChI=1S/C17H16BrN3/c1-10-8-17(13-9-12(19)6-7-16(13)20-10)21-15-5-3-4-14(18)11(15)2/h3-9H,19H2,1-2H3,(H,20,21). The number of nitrogens with one attached hydrogen (secondary N) is 1. The summed E-state index contributed by atoms with van der Waals surface area (Å²) >= 11 is 3.56. The van der Waals surface area contributed by atoms with Crippen molar-refractivity contribution >= 4 is 43.9 Å². The third-order valence-electron chi connectivity index (χ3n) is 3.50. The molecule has 1 aromatic heterocycles. The van der Waals surface area contributed by atoms with E-state index >= 15 is 0 Å². The molecule has 0 saturated heterocycles. The number of hydrogen-bond donors (Lipinski definition) is 2. The quantitative estimate of drug-likeness (QED) is 0.649. The minimum atomic E-state index is 0.738. The van der Waals surface area contributed by atoms with Gasteiger partial charge in [-0.2, -0.15) is 0 Å². The van der Waals surface area contributed by atoms with E-state index in [0.717, 1.165) is 38.1 Å². The van der Waals surface area contributed by atoms with Crippen LogP contribution < -0.4 is 11.1 Å². The molecule has 3 N–H and O–H groups in total. The molecule has 3 nitrogen and oxygen atoms in total. The Bertz CT molecular complexity index is 828. The predicted molar refractivity (Wildman–Crippen MR) is 93.1 cm³/mol. The Hall–Kier alpha value is -2.07. The molecule has 106 valence electrons. The highest BCUT2D eigenvalue weighted by Gasteiger charge is 2.07. The third kappa shape index (κ3) is 2.72. The van der Waals surface area contributed by atoms with Crippen molar-refractivity contribution in [2.75, 3.05) is 11.1 Å². The lowest BCUT2D eigenvalue weighted by Crippen LogP contribution is -1.97. The van der Waals surface area contributed by atoms with Crippen molar-refractivity contribution in [1.82, 2.24) is 4.98 Å². The second-order valence-corrected chi connectivity index (χ2v) is 5.98. The first-order valence-electron chi connectivity index (χ1n) is 6.73. The molecule has 0 fully saturated rings. The lowest BCUT2D eigenvalue weighted by Gasteiger charge is -2.14. The Morgan fingerprint density at radius 2 is 1.86 bits per heavy atom. The van der Waals surface area contributed by atoms with Crippen LogP contribution in [-0.4, -0.2) is 4.98 Å². The molecule has 0 radical (unpaired) electrons. The normalized spacial score (nSPS) is 10.8. The van der Waals surface area contributed by atoms with Gasteiger partial charge in [0.15, 0.2) is 0 Å². The summed E-state index contributed by atoms with van der Waals surface area (Å²) in [5.41, 5.74) is 11.8. The molecule has 2 aromatic carbocycles. The molecule has 0 aliphatic rings. The number of nitrogens with zero attached hydrogens (tertiary/aromatic N) is 1. The van der Waals surface area contributed by atoms with E-state index in [4.69, 9.17) is 5.73 Å². The maximum absolute atomic E-state index is 5.92. The number of rotatable bonds is 2. The highest BCUT2D eigenvalue weighted by atomic mass is 79.9. The van der Waals surface area contributed by atoms with Crippen LogP contribution in [0.5, 0.6) is 0 Å². The van der Waals surface area contributed by atoms with Crippen LogP contribution in [0.1, 0.15) is 11.3 Å². The van der Waals surface area contributed by atoms with Crippen molar-refractivity contribution in [1.29, 1.82) is 0 Å². The molecule has 21 heavy (non-hydrogen) atoms. The van der Waals surface area contributed by atoms with Crippen molar-refractivity contribution in [2.45, 2.75) is 13.8 Å². The Morgan fingerprint density at radius 3 is 2.67 bits per heavy atom. The van der Waals surface area contributed by atoms with E-state index in [1.54, 1.807) is 0 Å². The predicted octanol–water partition coefficient (Wildman–Crippen LogP) is 4.94. The summed E-state index contributed by atoms with van der Waals surface area (Å²) in [5, 5.41) is 4.53. The highest BCUT2D eigenvalue weighted by molar-refractivity contribution is 9.10. The highest BCUT2D eigenvalue weighted by Crippen LogP contribution is 2.31. The van der Waals surface area contributed by atoms with Crippen LogP contribution in [0.3, 0.4) is 0 Å². The van der Waals surface area contributed by atoms with Gasteiger partial charge in [0.05, 0.1) is 5.52 Å². The monoisotopic (exact) mass is 341 g/mol. The molecule has 0 spiro atoms. The van der Waals surface area contributed by atoms with E-state index in [-0.39, 0.29) is 0 Å². The summed E-state index contributed by atoms with van der Waals surface area (Å²) in [4.78, 5) is 4.55. The molecule has 0 aliphatic carbocycles. The molecule has 3 rings (SSSR count). The fourth-order valence-electron chi connectivity index (χ4n) is 2.37. The first kappa shape index (κ1) is 13.9. The number of nitrogens with two attached hydrogens (primary N) is 1. The smallest absolute Gasteiger partial charge is 0.0727 e. The number of benzene rings is 2. The van der Waals surface area contributed by atoms with Crippen LogP contribution in [0.15, 0.2) is 46.9 Å². The van der Waals surface area contributed by atoms with Crippen molar-refractivity contribution in [3.8, 4) is 0 Å². The molecular weight excluding hydrogens is 326 g/mol. The first-order chi connectivity index (χ1) is 10.0. The minimum Gasteiger partial charge on any atom is -0.399 e. The van der Waals surface area contributed by atoms with E-state index in [0.29, 0.717) is 0 Å². The van der Waals surface area contributed by atoms with Crippen molar-refractivity contribution in [2.24, 2.45) is 0 Å². The number of pyridine rings is 1. The molecule has 0 bridgehead atoms. The van der Waals surface area contributed by atoms with Crippen LogP contribution >= 0.6 is 15.9 Å². The van der Waals surface area contributed by atoms with Crippen LogP contribution in [-0.2, 0) is 0 Å². The Kier molecular flexibility index (Phi) is 3.55. The van der Waals surface area contributed by atoms with Crippen molar-refractivity contribution in [3.05, 3.63) is 58.2 Å². The topological polar surface area (TPSA) is 50.9 Å². The van der Waals surface area contributed by atoms with Gasteiger partial charge in [0.25, 0.3) is 0 Å². The summed E-state index contributed by atoms with van der Waals surface area (Å²) in [7, 11) is 0. The van der Waals surface area contributed by atoms with Crippen LogP contribution in [0.2, 0.25) is 0 Å². The fourth-order valence-corrected chi connectivity index (χ4v) is 2.73. The van der Waals surface area contributed by atoms with Gasteiger partial charge < -0.3 is 11.1 Å². The summed E-state index contributed by atoms with van der Waals surface area (Å²) in [6.07, 6.45) is 0. The largest absolute Gasteiger partial charge is 0.399 e. The van der Waals surface area contributed by atoms with E-state index in [1.165, 1.54) is 5.56 Å². The van der Waals surface area contributed by atoms with Gasteiger partial charge in [0, 0.05) is 32.6 Å². The van der Waals surface area contributed by atoms with Gasteiger partial charge in [0.2, 0.25) is 0 Å². The summed E-state index contributed by atoms with van der Waals surface area (Å²) in [6.45, 7) is 4.08. The number of hydrogen-bond acceptors (Lipinski definition) is 3. The minimum absolute atomic E-state index is 0.738. The zero-order chi connectivity index (χ0) is 15.0. The summed E-state index contributed by atoms with van der Waals surface area (Å²) < 4.78 is 1.09. The number of fused-ring (bicyclic) bond motifs is 1. The van der Waals surface area contributed by atoms with Gasteiger partial charge in [0.1, 0.15) is 0 Å². The molecule has 4 heteroatoms. The number of nitrogen functional groups attached to an aromatic ring is 1. The molecule has 1 heterocycles. The molecule has 0 unspecified atom stereocenters. The average Bonchev–Trinajstić information content (AvgIpc) is 2.44. The second kappa shape index (κ2) is 5.37. The fraction of sp³-hybridized carbons (Fsp3) is 0.118. The lowest BCUT2D eigenvalue weighted by atomic mass is 10.1. The zero-order valence-electron chi connectivity index (χ0n) is 11.9. The number of aryl methyl sites for hydroxylation is 1. The first-order valence-corrected chi connectivity index (χ1v) is 7.53. The molecule has 0 aliphatic heterocycles. The third-order valence-corrected chi connectivity index (χ3v) is 4.36. The van der Waals surface area contributed by atoms with Crippen LogP contribution in [0, 0.1) is 13.8 Å². The second-order valence-electron chi connectivity index (χ2n) is 5.13. The lowest BCUT2D eigenvalue weighted by molar-refractivity contribution is 1.25. The summed E-state index contributed by atoms with van der Waals surface area (Å²) in [5.74, 6) is 0. The van der Waals surface area contributed by atoms with E-state index in [9.17, 15) is 0 Å². The van der Waals surface area contributed by atoms with E-state index < -0.39 is 0 Å². The van der Waals surface area contributed by atoms with Crippen LogP contribution in [0.4, 0.5) is 17.1 Å². The molecule has 3 aromatic rings. The number of aromatic nitrogens is 1. The van der Waals surface area contributed by atoms with Crippen LogP contribution in [0.25, 0.3) is 10.9 Å². The Labute approximate surface area is 132 Å². The van der Waals surface area contributed by atoms with Gasteiger partial charge in [-0.15, -0.1) is 0 Å². The van der Waals surface area contributed by atoms with Gasteiger partial charge in [-0.1, -0.05) is 22.0 Å². The van der Waals surface area contributed by atoms with Gasteiger partial charge in [-0.05, 0) is 55.8 Å². The Balaban J connectivity index is 2.15. The maximum atomic E-state index is 5.92. The molecule has 0 saturated carbocycles. The van der Waals surface area contributed by atoms with Gasteiger partial charge in [-0.25, -0.2) is 0 Å². The number of halogens is 1. The van der Waals surface area contributed by atoms with Crippen molar-refractivity contribution in [3.63, 3.8) is 0 Å². The van der Waals surface area contributed by atoms with Gasteiger partial charge in [-0.3, -0.25) is 4.98 Å². The average molecular weight is 342 g/mol. The maximum Gasteiger partial charge on any atom is 0.0727 e. The Morgan fingerprint density at radius 1 is 1.05 bits per heavy atom. The SMILES string of the molecule is Cc1cc(Nc2cccc(Br)c2C)c2cc(N)ccc2n1. The molecular formula is C17H16BrN3. The number of anilines is 3. The van der Waals surface area contributed by atoms with E-state index in [1.807, 2.05) is 43.3 Å². The van der Waals surface area contributed by atoms with E-state index in [2.05, 4.69) is 39.2 Å². The van der Waals surface area contributed by atoms with Gasteiger partial charge >= 0.3 is 0 Å². The zero-order valence-corrected chi connectivity index (χ0v) is 13.5. The summed E-state index contributed by atoms with van der Waals surface area (Å²) in [6, 6.07) is 13.9.